The van der Waals surface area contributed by atoms with Crippen LogP contribution in [0.2, 0.25) is 0 Å². The van der Waals surface area contributed by atoms with Crippen molar-refractivity contribution < 1.29 is 14.6 Å². The molecule has 0 bridgehead atoms. The second kappa shape index (κ2) is 6.84. The Hall–Kier alpha value is -3.02. The number of nitrogens with zero attached hydrogens (tertiary/aromatic N) is 2. The van der Waals surface area contributed by atoms with E-state index in [1.165, 1.54) is 6.07 Å². The van der Waals surface area contributed by atoms with Gasteiger partial charge in [-0.15, -0.1) is 0 Å². The normalized spacial score (nSPS) is 11.0. The highest BCUT2D eigenvalue weighted by Crippen LogP contribution is 2.27. The molecular formula is C19H20N2O4. The number of benzene rings is 2. The van der Waals surface area contributed by atoms with E-state index in [9.17, 15) is 14.7 Å². The predicted molar refractivity (Wildman–Crippen MR) is 95.3 cm³/mol. The van der Waals surface area contributed by atoms with Crippen LogP contribution in [0.3, 0.4) is 0 Å². The van der Waals surface area contributed by atoms with Gasteiger partial charge in [0, 0.05) is 19.2 Å². The highest BCUT2D eigenvalue weighted by Gasteiger charge is 2.19. The van der Waals surface area contributed by atoms with E-state index in [-0.39, 0.29) is 23.6 Å². The summed E-state index contributed by atoms with van der Waals surface area (Å²) in [6.07, 6.45) is 0. The predicted octanol–water partition coefficient (Wildman–Crippen LogP) is 3.12. The van der Waals surface area contributed by atoms with Gasteiger partial charge in [-0.25, -0.2) is 9.59 Å². The van der Waals surface area contributed by atoms with Crippen molar-refractivity contribution in [1.29, 1.82) is 0 Å². The molecule has 0 amide bonds. The van der Waals surface area contributed by atoms with Gasteiger partial charge in [-0.3, -0.25) is 9.13 Å². The molecule has 1 aromatic heterocycles. The molecule has 25 heavy (non-hydrogen) atoms. The summed E-state index contributed by atoms with van der Waals surface area (Å²) in [6, 6.07) is 12.7. The minimum Gasteiger partial charge on any atom is -0.488 e. The molecule has 6 nitrogen and oxygen atoms in total. The van der Waals surface area contributed by atoms with E-state index in [0.29, 0.717) is 24.1 Å². The molecule has 0 unspecified atom stereocenters. The number of hydrogen-bond donors (Lipinski definition) is 1. The lowest BCUT2D eigenvalue weighted by Gasteiger charge is -2.11. The molecule has 0 radical (unpaired) electrons. The zero-order chi connectivity index (χ0) is 18.0. The molecule has 1 heterocycles. The maximum absolute atomic E-state index is 12.5. The van der Waals surface area contributed by atoms with Crippen molar-refractivity contribution in [3.63, 3.8) is 0 Å². The minimum atomic E-state index is -1.08. The van der Waals surface area contributed by atoms with Gasteiger partial charge < -0.3 is 9.84 Å². The van der Waals surface area contributed by atoms with Gasteiger partial charge in [-0.1, -0.05) is 30.3 Å². The summed E-state index contributed by atoms with van der Waals surface area (Å²) in [6.45, 7) is 4.99. The average Bonchev–Trinajstić information content (AvgIpc) is 2.89. The van der Waals surface area contributed by atoms with E-state index < -0.39 is 5.97 Å². The molecule has 130 valence electrons. The molecule has 0 fully saturated rings. The highest BCUT2D eigenvalue weighted by atomic mass is 16.5. The Morgan fingerprint density at radius 1 is 1.04 bits per heavy atom. The first-order chi connectivity index (χ1) is 12.1. The molecule has 0 saturated heterocycles. The Labute approximate surface area is 144 Å². The van der Waals surface area contributed by atoms with E-state index in [1.54, 1.807) is 15.2 Å². The lowest BCUT2D eigenvalue weighted by Crippen LogP contribution is -2.23. The minimum absolute atomic E-state index is 0.0545. The summed E-state index contributed by atoms with van der Waals surface area (Å²) in [7, 11) is 0. The monoisotopic (exact) mass is 340 g/mol. The van der Waals surface area contributed by atoms with Crippen LogP contribution in [-0.2, 0) is 19.7 Å². The SMILES string of the molecule is CCn1c(=O)n(CC)c2cc(C(=O)O)c(OCc3ccccc3)cc21. The number of aryl methyl sites for hydroxylation is 2. The van der Waals surface area contributed by atoms with Gasteiger partial charge in [0.15, 0.2) is 0 Å². The van der Waals surface area contributed by atoms with Crippen molar-refractivity contribution >= 4 is 17.0 Å². The molecule has 2 aromatic carbocycles. The average molecular weight is 340 g/mol. The van der Waals surface area contributed by atoms with Gasteiger partial charge in [-0.2, -0.15) is 0 Å². The third-order valence-corrected chi connectivity index (χ3v) is 4.22. The van der Waals surface area contributed by atoms with Gasteiger partial charge in [0.25, 0.3) is 0 Å². The fourth-order valence-corrected chi connectivity index (χ4v) is 2.97. The third kappa shape index (κ3) is 3.03. The maximum atomic E-state index is 12.5. The second-order valence-electron chi connectivity index (χ2n) is 5.69. The molecule has 3 aromatic rings. The molecule has 1 N–H and O–H groups in total. The van der Waals surface area contributed by atoms with E-state index >= 15 is 0 Å². The lowest BCUT2D eigenvalue weighted by molar-refractivity contribution is 0.0692. The van der Waals surface area contributed by atoms with Crippen molar-refractivity contribution in [1.82, 2.24) is 9.13 Å². The first kappa shape index (κ1) is 16.8. The molecule has 0 atom stereocenters. The number of imidazole rings is 1. The first-order valence-electron chi connectivity index (χ1n) is 8.23. The Morgan fingerprint density at radius 2 is 1.64 bits per heavy atom. The number of aromatic carboxylic acids is 1. The Kier molecular flexibility index (Phi) is 4.61. The van der Waals surface area contributed by atoms with Crippen LogP contribution in [0.25, 0.3) is 11.0 Å². The number of carboxylic acids is 1. The smallest absolute Gasteiger partial charge is 0.339 e. The number of hydrogen-bond acceptors (Lipinski definition) is 3. The summed E-state index contributed by atoms with van der Waals surface area (Å²) in [4.78, 5) is 24.1. The number of carboxylic acid groups (broad SMARTS) is 1. The van der Waals surface area contributed by atoms with Crippen LogP contribution in [0.5, 0.6) is 5.75 Å². The van der Waals surface area contributed by atoms with Crippen LogP contribution >= 0.6 is 0 Å². The fourth-order valence-electron chi connectivity index (χ4n) is 2.97. The zero-order valence-corrected chi connectivity index (χ0v) is 14.2. The highest BCUT2D eigenvalue weighted by molar-refractivity contribution is 5.96. The number of rotatable bonds is 6. The zero-order valence-electron chi connectivity index (χ0n) is 14.2. The van der Waals surface area contributed by atoms with Gasteiger partial charge in [-0.05, 0) is 25.5 Å². The van der Waals surface area contributed by atoms with Crippen LogP contribution in [0.4, 0.5) is 0 Å². The first-order valence-corrected chi connectivity index (χ1v) is 8.23. The van der Waals surface area contributed by atoms with Crippen molar-refractivity contribution in [3.8, 4) is 5.75 Å². The van der Waals surface area contributed by atoms with Crippen LogP contribution < -0.4 is 10.4 Å². The summed E-state index contributed by atoms with van der Waals surface area (Å²) in [5.74, 6) is -0.816. The van der Waals surface area contributed by atoms with Crippen molar-refractivity contribution in [3.05, 3.63) is 64.1 Å². The molecular weight excluding hydrogens is 320 g/mol. The van der Waals surface area contributed by atoms with Gasteiger partial charge in [0.1, 0.15) is 17.9 Å². The van der Waals surface area contributed by atoms with Crippen molar-refractivity contribution in [2.24, 2.45) is 0 Å². The van der Waals surface area contributed by atoms with Gasteiger partial charge in [0.2, 0.25) is 0 Å². The van der Waals surface area contributed by atoms with Crippen molar-refractivity contribution in [2.75, 3.05) is 0 Å². The Balaban J connectivity index is 2.12. The lowest BCUT2D eigenvalue weighted by atomic mass is 10.1. The molecule has 3 rings (SSSR count). The Bertz CT molecular complexity index is 970. The second-order valence-corrected chi connectivity index (χ2v) is 5.69. The maximum Gasteiger partial charge on any atom is 0.339 e. The van der Waals surface area contributed by atoms with E-state index in [4.69, 9.17) is 4.74 Å². The topological polar surface area (TPSA) is 73.5 Å². The fraction of sp³-hybridized carbons (Fsp3) is 0.263. The number of ether oxygens (including phenoxy) is 1. The summed E-state index contributed by atoms with van der Waals surface area (Å²) >= 11 is 0. The molecule has 0 saturated carbocycles. The van der Waals surface area contributed by atoms with Gasteiger partial charge in [0.05, 0.1) is 11.0 Å². The van der Waals surface area contributed by atoms with Gasteiger partial charge >= 0.3 is 11.7 Å². The van der Waals surface area contributed by atoms with Crippen LogP contribution in [0.1, 0.15) is 29.8 Å². The summed E-state index contributed by atoms with van der Waals surface area (Å²) in [5.41, 5.74) is 2.15. The van der Waals surface area contributed by atoms with Crippen molar-refractivity contribution in [2.45, 2.75) is 33.5 Å². The number of fused-ring (bicyclic) bond motifs is 1. The summed E-state index contributed by atoms with van der Waals surface area (Å²) in [5, 5.41) is 9.55. The molecule has 0 spiro atoms. The third-order valence-electron chi connectivity index (χ3n) is 4.22. The standard InChI is InChI=1S/C19H20N2O4/c1-3-20-15-10-14(18(22)23)17(11-16(15)21(4-2)19(20)24)25-12-13-8-6-5-7-9-13/h5-11H,3-4,12H2,1-2H3,(H,22,23). The van der Waals surface area contributed by atoms with Crippen LogP contribution in [0, 0.1) is 0 Å². The van der Waals surface area contributed by atoms with E-state index in [1.807, 2.05) is 44.2 Å². The van der Waals surface area contributed by atoms with Crippen LogP contribution in [-0.4, -0.2) is 20.2 Å². The van der Waals surface area contributed by atoms with E-state index in [0.717, 1.165) is 5.56 Å². The quantitative estimate of drug-likeness (QED) is 0.748. The molecule has 0 aliphatic rings. The molecule has 0 aliphatic carbocycles. The largest absolute Gasteiger partial charge is 0.488 e. The summed E-state index contributed by atoms with van der Waals surface area (Å²) < 4.78 is 8.97. The molecule has 0 aliphatic heterocycles. The van der Waals surface area contributed by atoms with E-state index in [2.05, 4.69) is 0 Å². The molecule has 6 heteroatoms. The number of aromatic nitrogens is 2. The Morgan fingerprint density at radius 3 is 2.20 bits per heavy atom. The van der Waals surface area contributed by atoms with Crippen LogP contribution in [0.15, 0.2) is 47.3 Å². The number of carbonyl (C=O) groups is 1.